The molecule has 0 aromatic heterocycles. The summed E-state index contributed by atoms with van der Waals surface area (Å²) in [5, 5.41) is 2.45. The van der Waals surface area contributed by atoms with Crippen molar-refractivity contribution in [2.45, 2.75) is 13.0 Å². The molecule has 0 aliphatic carbocycles. The number of piperazine rings is 1. The van der Waals surface area contributed by atoms with Crippen LogP contribution < -0.4 is 5.32 Å². The van der Waals surface area contributed by atoms with Crippen molar-refractivity contribution in [1.82, 2.24) is 10.2 Å². The van der Waals surface area contributed by atoms with Crippen molar-refractivity contribution >= 4 is 45.3 Å². The van der Waals surface area contributed by atoms with Crippen molar-refractivity contribution in [2.75, 3.05) is 6.54 Å². The number of nitrogens with one attached hydrogen (secondary N) is 1. The Hall–Kier alpha value is -1.40. The molecule has 19 heavy (non-hydrogen) atoms. The van der Waals surface area contributed by atoms with Crippen molar-refractivity contribution in [3.8, 4) is 0 Å². The lowest BCUT2D eigenvalue weighted by Crippen LogP contribution is -2.58. The fourth-order valence-electron chi connectivity index (χ4n) is 1.78. The first kappa shape index (κ1) is 14.0. The lowest BCUT2D eigenvalue weighted by atomic mass is 10.1. The first-order chi connectivity index (χ1) is 8.90. The van der Waals surface area contributed by atoms with E-state index in [1.807, 2.05) is 0 Å². The van der Waals surface area contributed by atoms with Crippen molar-refractivity contribution in [2.24, 2.45) is 0 Å². The van der Waals surface area contributed by atoms with E-state index in [4.69, 9.17) is 11.6 Å². The Balaban J connectivity index is 2.35. The van der Waals surface area contributed by atoms with E-state index in [1.165, 1.54) is 4.90 Å². The van der Waals surface area contributed by atoms with Gasteiger partial charge >= 0.3 is 0 Å². The van der Waals surface area contributed by atoms with Crippen LogP contribution >= 0.6 is 27.5 Å². The number of halogens is 2. The summed E-state index contributed by atoms with van der Waals surface area (Å²) in [5.74, 6) is -1.43. The van der Waals surface area contributed by atoms with E-state index >= 15 is 0 Å². The van der Waals surface area contributed by atoms with Crippen molar-refractivity contribution in [3.63, 3.8) is 0 Å². The van der Waals surface area contributed by atoms with Gasteiger partial charge in [-0.2, -0.15) is 0 Å². The van der Waals surface area contributed by atoms with Gasteiger partial charge in [-0.1, -0.05) is 27.5 Å². The maximum Gasteiger partial charge on any atom is 0.256 e. The van der Waals surface area contributed by atoms with Gasteiger partial charge in [-0.3, -0.25) is 19.7 Å². The number of carbonyl (C=O) groups excluding carboxylic acids is 3. The summed E-state index contributed by atoms with van der Waals surface area (Å²) in [6, 6.07) is 4.14. The number of benzene rings is 1. The summed E-state index contributed by atoms with van der Waals surface area (Å²) in [6.07, 6.45) is 0. The Morgan fingerprint density at radius 3 is 2.84 bits per heavy atom. The van der Waals surface area contributed by atoms with Crippen LogP contribution in [0.5, 0.6) is 0 Å². The maximum atomic E-state index is 12.4. The molecule has 1 aliphatic rings. The number of hydrogen-bond acceptors (Lipinski definition) is 3. The third kappa shape index (κ3) is 2.79. The molecule has 5 nitrogen and oxygen atoms in total. The Bertz CT molecular complexity index is 576. The van der Waals surface area contributed by atoms with Gasteiger partial charge in [0.15, 0.2) is 0 Å². The predicted octanol–water partition coefficient (Wildman–Crippen LogP) is 1.59. The van der Waals surface area contributed by atoms with E-state index in [0.29, 0.717) is 4.47 Å². The highest BCUT2D eigenvalue weighted by Crippen LogP contribution is 2.23. The minimum atomic E-state index is -0.708. The largest absolute Gasteiger partial charge is 0.318 e. The molecule has 1 aromatic rings. The second-order valence-electron chi connectivity index (χ2n) is 4.15. The van der Waals surface area contributed by atoms with Gasteiger partial charge in [0.1, 0.15) is 12.6 Å². The molecule has 1 unspecified atom stereocenters. The molecule has 2 rings (SSSR count). The second-order valence-corrected chi connectivity index (χ2v) is 5.47. The maximum absolute atomic E-state index is 12.4. The second kappa shape index (κ2) is 5.30. The minimum Gasteiger partial charge on any atom is -0.318 e. The molecular weight excluding hydrogens is 336 g/mol. The molecule has 1 aromatic carbocycles. The van der Waals surface area contributed by atoms with Crippen LogP contribution in [-0.4, -0.2) is 35.2 Å². The first-order valence-electron chi connectivity index (χ1n) is 5.50. The number of imide groups is 1. The molecule has 0 bridgehead atoms. The van der Waals surface area contributed by atoms with Gasteiger partial charge in [-0.25, -0.2) is 0 Å². The van der Waals surface area contributed by atoms with Crippen LogP contribution in [0.2, 0.25) is 5.02 Å². The molecule has 1 heterocycles. The lowest BCUT2D eigenvalue weighted by molar-refractivity contribution is -0.138. The monoisotopic (exact) mass is 344 g/mol. The first-order valence-corrected chi connectivity index (χ1v) is 6.67. The molecular formula is C12H10BrClN2O3. The van der Waals surface area contributed by atoms with Gasteiger partial charge in [0.05, 0.1) is 10.6 Å². The summed E-state index contributed by atoms with van der Waals surface area (Å²) in [4.78, 5) is 36.4. The van der Waals surface area contributed by atoms with Gasteiger partial charge < -0.3 is 4.90 Å². The number of carbonyl (C=O) groups is 3. The van der Waals surface area contributed by atoms with Crippen LogP contribution in [0.1, 0.15) is 17.3 Å². The lowest BCUT2D eigenvalue weighted by Gasteiger charge is -2.31. The predicted molar refractivity (Wildman–Crippen MR) is 72.8 cm³/mol. The minimum absolute atomic E-state index is 0.158. The molecule has 3 amide bonds. The van der Waals surface area contributed by atoms with Gasteiger partial charge in [0.25, 0.3) is 5.91 Å². The average Bonchev–Trinajstić information content (AvgIpc) is 2.36. The zero-order chi connectivity index (χ0) is 14.2. The number of amides is 3. The Kier molecular flexibility index (Phi) is 3.91. The number of hydrogen-bond donors (Lipinski definition) is 1. The van der Waals surface area contributed by atoms with Crippen LogP contribution in [0.15, 0.2) is 22.7 Å². The zero-order valence-electron chi connectivity index (χ0n) is 9.94. The Labute approximate surface area is 123 Å². The third-order valence-corrected chi connectivity index (χ3v) is 3.67. The summed E-state index contributed by atoms with van der Waals surface area (Å²) >= 11 is 9.23. The summed E-state index contributed by atoms with van der Waals surface area (Å²) in [7, 11) is 0. The van der Waals surface area contributed by atoms with Crippen LogP contribution in [0, 0.1) is 0 Å². The molecule has 100 valence electrons. The van der Waals surface area contributed by atoms with E-state index < -0.39 is 23.8 Å². The summed E-state index contributed by atoms with van der Waals surface area (Å²) in [6.45, 7) is 1.40. The third-order valence-electron chi connectivity index (χ3n) is 2.84. The normalized spacial score (nSPS) is 19.3. The van der Waals surface area contributed by atoms with Crippen LogP contribution in [-0.2, 0) is 9.59 Å². The quantitative estimate of drug-likeness (QED) is 0.786. The highest BCUT2D eigenvalue weighted by molar-refractivity contribution is 9.10. The topological polar surface area (TPSA) is 66.5 Å². The highest BCUT2D eigenvalue weighted by atomic mass is 79.9. The molecule has 1 atom stereocenters. The van der Waals surface area contributed by atoms with E-state index in [1.54, 1.807) is 25.1 Å². The molecule has 0 saturated carbocycles. The summed E-state index contributed by atoms with van der Waals surface area (Å²) in [5.41, 5.74) is 0.255. The van der Waals surface area contributed by atoms with Crippen LogP contribution in [0.3, 0.4) is 0 Å². The van der Waals surface area contributed by atoms with Crippen molar-refractivity contribution < 1.29 is 14.4 Å². The number of rotatable bonds is 1. The SMILES string of the molecule is CC1C(=O)NC(=O)CN1C(=O)c1cc(Br)ccc1Cl. The molecule has 1 saturated heterocycles. The van der Waals surface area contributed by atoms with E-state index in [0.717, 1.165) is 0 Å². The van der Waals surface area contributed by atoms with Crippen LogP contribution in [0.4, 0.5) is 0 Å². The summed E-state index contributed by atoms with van der Waals surface area (Å²) < 4.78 is 0.695. The average molecular weight is 346 g/mol. The fraction of sp³-hybridized carbons (Fsp3) is 0.250. The zero-order valence-corrected chi connectivity index (χ0v) is 12.3. The Morgan fingerprint density at radius 2 is 2.16 bits per heavy atom. The van der Waals surface area contributed by atoms with Gasteiger partial charge in [-0.15, -0.1) is 0 Å². The fourth-order valence-corrected chi connectivity index (χ4v) is 2.34. The van der Waals surface area contributed by atoms with Gasteiger partial charge in [0, 0.05) is 4.47 Å². The van der Waals surface area contributed by atoms with E-state index in [-0.39, 0.29) is 17.1 Å². The molecule has 7 heteroatoms. The van der Waals surface area contributed by atoms with E-state index in [2.05, 4.69) is 21.2 Å². The van der Waals surface area contributed by atoms with Gasteiger partial charge in [-0.05, 0) is 25.1 Å². The molecule has 1 fully saturated rings. The smallest absolute Gasteiger partial charge is 0.256 e. The van der Waals surface area contributed by atoms with E-state index in [9.17, 15) is 14.4 Å². The van der Waals surface area contributed by atoms with Crippen molar-refractivity contribution in [3.05, 3.63) is 33.3 Å². The van der Waals surface area contributed by atoms with Crippen LogP contribution in [0.25, 0.3) is 0 Å². The number of nitrogens with zero attached hydrogens (tertiary/aromatic N) is 1. The Morgan fingerprint density at radius 1 is 1.47 bits per heavy atom. The molecule has 0 radical (unpaired) electrons. The molecule has 1 N–H and O–H groups in total. The van der Waals surface area contributed by atoms with Crippen molar-refractivity contribution in [1.29, 1.82) is 0 Å². The highest BCUT2D eigenvalue weighted by Gasteiger charge is 2.34. The standard InChI is InChI=1S/C12H10BrClN2O3/c1-6-11(18)15-10(17)5-16(6)12(19)8-4-7(13)2-3-9(8)14/h2-4,6H,5H2,1H3,(H,15,17,18). The molecule has 1 aliphatic heterocycles. The van der Waals surface area contributed by atoms with Gasteiger partial charge in [0.2, 0.25) is 11.8 Å². The molecule has 0 spiro atoms.